The van der Waals surface area contributed by atoms with Gasteiger partial charge in [0, 0.05) is 15.9 Å². The Morgan fingerprint density at radius 3 is 2.83 bits per heavy atom. The molecule has 1 aromatic carbocycles. The Balaban J connectivity index is 2.76. The maximum Gasteiger partial charge on any atom is 0.130 e. The third-order valence-electron chi connectivity index (χ3n) is 1.67. The van der Waals surface area contributed by atoms with E-state index in [2.05, 4.69) is 0 Å². The summed E-state index contributed by atoms with van der Waals surface area (Å²) in [5.41, 5.74) is 0.796. The number of aliphatic hydroxyl groups is 1. The van der Waals surface area contributed by atoms with Crippen molar-refractivity contribution in [3.05, 3.63) is 35.2 Å². The molecule has 1 aromatic rings. The number of hydrogen-bond acceptors (Lipinski definition) is 2. The monoisotopic (exact) mass is 198 g/mol. The lowest BCUT2D eigenvalue weighted by molar-refractivity contribution is 0.512. The average Bonchev–Trinajstić information content (AvgIpc) is 2.44. The summed E-state index contributed by atoms with van der Waals surface area (Å²) in [6.07, 6.45) is 0. The number of benzene rings is 1. The molecule has 4 heteroatoms. The molecule has 0 bridgehead atoms. The van der Waals surface area contributed by atoms with Gasteiger partial charge in [0.1, 0.15) is 16.0 Å². The highest BCUT2D eigenvalue weighted by atomic mass is 32.8. The van der Waals surface area contributed by atoms with Crippen LogP contribution < -0.4 is 0 Å². The minimum atomic E-state index is -0.490. The van der Waals surface area contributed by atoms with Gasteiger partial charge < -0.3 is 5.11 Å². The van der Waals surface area contributed by atoms with Crippen molar-refractivity contribution in [2.75, 3.05) is 0 Å². The van der Waals surface area contributed by atoms with Crippen molar-refractivity contribution in [3.8, 4) is 0 Å². The van der Waals surface area contributed by atoms with Crippen LogP contribution in [0.25, 0.3) is 5.76 Å². The molecule has 0 radical (unpaired) electrons. The maximum atomic E-state index is 10.6. The SMILES string of the molecule is O=S=S1C=C(O)c2ccccc21. The topological polar surface area (TPSA) is 37.3 Å². The van der Waals surface area contributed by atoms with Crippen LogP contribution in [0.1, 0.15) is 5.56 Å². The molecule has 0 amide bonds. The van der Waals surface area contributed by atoms with Crippen LogP contribution in [-0.4, -0.2) is 9.32 Å². The molecule has 0 aromatic heterocycles. The number of rotatable bonds is 0. The first kappa shape index (κ1) is 7.76. The van der Waals surface area contributed by atoms with Gasteiger partial charge >= 0.3 is 0 Å². The molecule has 2 rings (SSSR count). The highest BCUT2D eigenvalue weighted by molar-refractivity contribution is 8.33. The first-order chi connectivity index (χ1) is 5.83. The van der Waals surface area contributed by atoms with Crippen molar-refractivity contribution in [2.24, 2.45) is 0 Å². The minimum absolute atomic E-state index is 0.234. The molecule has 1 heterocycles. The van der Waals surface area contributed by atoms with Crippen molar-refractivity contribution < 1.29 is 9.32 Å². The summed E-state index contributed by atoms with van der Waals surface area (Å²) in [5, 5.41) is 11.0. The number of hydrogen-bond donors (Lipinski definition) is 1. The van der Waals surface area contributed by atoms with Crippen LogP contribution in [0.2, 0.25) is 0 Å². The number of fused-ring (bicyclic) bond motifs is 1. The average molecular weight is 198 g/mol. The predicted molar refractivity (Wildman–Crippen MR) is 50.8 cm³/mol. The van der Waals surface area contributed by atoms with Gasteiger partial charge in [0.25, 0.3) is 0 Å². The van der Waals surface area contributed by atoms with Gasteiger partial charge in [-0.1, -0.05) is 18.2 Å². The molecule has 0 saturated heterocycles. The molecular weight excluding hydrogens is 192 g/mol. The van der Waals surface area contributed by atoms with E-state index in [1.807, 2.05) is 24.3 Å². The van der Waals surface area contributed by atoms with Gasteiger partial charge in [0.2, 0.25) is 0 Å². The Morgan fingerprint density at radius 2 is 2.08 bits per heavy atom. The van der Waals surface area contributed by atoms with Crippen molar-refractivity contribution in [2.45, 2.75) is 4.90 Å². The second-order valence-electron chi connectivity index (χ2n) is 2.36. The third-order valence-corrected chi connectivity index (χ3v) is 4.31. The Bertz CT molecular complexity index is 417. The van der Waals surface area contributed by atoms with E-state index in [1.54, 1.807) is 5.41 Å². The molecule has 1 atom stereocenters. The molecule has 0 fully saturated rings. The second kappa shape index (κ2) is 2.88. The summed E-state index contributed by atoms with van der Waals surface area (Å²) in [6.45, 7) is 0. The van der Waals surface area contributed by atoms with E-state index in [9.17, 15) is 9.32 Å². The highest BCUT2D eigenvalue weighted by Crippen LogP contribution is 2.28. The van der Waals surface area contributed by atoms with E-state index >= 15 is 0 Å². The van der Waals surface area contributed by atoms with Crippen LogP contribution in [-0.2, 0) is 19.7 Å². The van der Waals surface area contributed by atoms with Gasteiger partial charge in [-0.05, 0) is 15.5 Å². The fourth-order valence-electron chi connectivity index (χ4n) is 1.14. The zero-order valence-corrected chi connectivity index (χ0v) is 7.69. The highest BCUT2D eigenvalue weighted by Gasteiger charge is 2.16. The zero-order valence-electron chi connectivity index (χ0n) is 6.06. The van der Waals surface area contributed by atoms with Gasteiger partial charge in [0.05, 0.1) is 0 Å². The Morgan fingerprint density at radius 1 is 1.33 bits per heavy atom. The lowest BCUT2D eigenvalue weighted by atomic mass is 10.2. The van der Waals surface area contributed by atoms with Gasteiger partial charge in [-0.15, -0.1) is 0 Å². The quantitative estimate of drug-likeness (QED) is 0.688. The molecule has 1 aliphatic rings. The fraction of sp³-hybridized carbons (Fsp3) is 0. The second-order valence-corrected chi connectivity index (χ2v) is 5.26. The van der Waals surface area contributed by atoms with Crippen molar-refractivity contribution in [1.29, 1.82) is 0 Å². The Labute approximate surface area is 75.2 Å². The lowest BCUT2D eigenvalue weighted by Gasteiger charge is -1.96. The van der Waals surface area contributed by atoms with Crippen LogP contribution in [0.5, 0.6) is 0 Å². The van der Waals surface area contributed by atoms with Crippen LogP contribution in [0, 0.1) is 0 Å². The molecule has 1 aliphatic heterocycles. The van der Waals surface area contributed by atoms with E-state index in [4.69, 9.17) is 0 Å². The number of aliphatic hydroxyl groups excluding tert-OH is 1. The largest absolute Gasteiger partial charge is 0.507 e. The molecule has 62 valence electrons. The maximum absolute atomic E-state index is 10.6. The van der Waals surface area contributed by atoms with E-state index in [0.29, 0.717) is 10.2 Å². The van der Waals surface area contributed by atoms with Gasteiger partial charge in [0.15, 0.2) is 0 Å². The minimum Gasteiger partial charge on any atom is -0.507 e. The Hall–Kier alpha value is -0.870. The molecular formula is C8H6O2S2. The first-order valence-corrected chi connectivity index (χ1v) is 5.91. The van der Waals surface area contributed by atoms with E-state index in [-0.39, 0.29) is 5.76 Å². The molecule has 1 N–H and O–H groups in total. The van der Waals surface area contributed by atoms with Gasteiger partial charge in [-0.25, -0.2) is 4.21 Å². The summed E-state index contributed by atoms with van der Waals surface area (Å²) >= 11 is 0. The first-order valence-electron chi connectivity index (χ1n) is 3.36. The molecule has 2 nitrogen and oxygen atoms in total. The standard InChI is InChI=1S/C8H6O2S2/c9-7-5-12(11-10)8-4-2-1-3-6(7)8/h1-5,9H. The van der Waals surface area contributed by atoms with E-state index < -0.39 is 9.45 Å². The van der Waals surface area contributed by atoms with Gasteiger partial charge in [-0.2, -0.15) is 0 Å². The van der Waals surface area contributed by atoms with E-state index in [1.165, 1.54) is 0 Å². The predicted octanol–water partition coefficient (Wildman–Crippen LogP) is 1.66. The summed E-state index contributed by atoms with van der Waals surface area (Å²) < 4.78 is 10.6. The summed E-state index contributed by atoms with van der Waals surface area (Å²) in [4.78, 5) is 0.940. The van der Waals surface area contributed by atoms with Crippen molar-refractivity contribution in [3.63, 3.8) is 0 Å². The van der Waals surface area contributed by atoms with Crippen LogP contribution >= 0.6 is 0 Å². The van der Waals surface area contributed by atoms with Crippen LogP contribution in [0.3, 0.4) is 0 Å². The smallest absolute Gasteiger partial charge is 0.130 e. The van der Waals surface area contributed by atoms with E-state index in [0.717, 1.165) is 10.5 Å². The molecule has 0 spiro atoms. The molecule has 12 heavy (non-hydrogen) atoms. The zero-order chi connectivity index (χ0) is 8.55. The molecule has 0 aliphatic carbocycles. The summed E-state index contributed by atoms with van der Waals surface area (Å²) in [5.74, 6) is 0.234. The molecule has 1 unspecified atom stereocenters. The fourth-order valence-corrected chi connectivity index (χ4v) is 3.36. The van der Waals surface area contributed by atoms with Crippen molar-refractivity contribution in [1.82, 2.24) is 0 Å². The summed E-state index contributed by atoms with van der Waals surface area (Å²) in [6, 6.07) is 7.43. The van der Waals surface area contributed by atoms with Crippen LogP contribution in [0.4, 0.5) is 0 Å². The Kier molecular flexibility index (Phi) is 1.86. The molecule has 0 saturated carbocycles. The normalized spacial score (nSPS) is 20.0. The van der Waals surface area contributed by atoms with Crippen molar-refractivity contribution >= 4 is 25.4 Å². The lowest BCUT2D eigenvalue weighted by Crippen LogP contribution is -1.83. The summed E-state index contributed by atoms with van der Waals surface area (Å²) in [7, 11) is 0.0300. The van der Waals surface area contributed by atoms with Crippen LogP contribution in [0.15, 0.2) is 34.6 Å². The van der Waals surface area contributed by atoms with Gasteiger partial charge in [-0.3, -0.25) is 0 Å². The third kappa shape index (κ3) is 1.04.